The number of nitrogens with zero attached hydrogens (tertiary/aromatic N) is 4. The Kier molecular flexibility index (Phi) is 9.30. The maximum absolute atomic E-state index is 12.9. The van der Waals surface area contributed by atoms with E-state index in [9.17, 15) is 19.7 Å². The maximum atomic E-state index is 12.9. The Labute approximate surface area is 221 Å². The van der Waals surface area contributed by atoms with Gasteiger partial charge in [0.2, 0.25) is 5.91 Å². The minimum atomic E-state index is -0.551. The number of aromatic nitrogens is 3. The number of carbonyl (C=O) groups is 2. The number of halogens is 2. The Bertz CT molecular complexity index is 1280. The summed E-state index contributed by atoms with van der Waals surface area (Å²) >= 11 is 13.3. The largest absolute Gasteiger partial charge is 0.342 e. The van der Waals surface area contributed by atoms with Crippen LogP contribution in [-0.4, -0.2) is 37.3 Å². The highest BCUT2D eigenvalue weighted by Crippen LogP contribution is 2.28. The molecule has 0 unspecified atom stereocenters. The number of hydrogen-bond acceptors (Lipinski definition) is 7. The molecule has 0 radical (unpaired) electrons. The average Bonchev–Trinajstić information content (AvgIpc) is 3.25. The molecule has 0 aliphatic rings. The number of nitrogens with one attached hydrogen (secondary N) is 2. The molecular weight excluding hydrogens is 527 g/mol. The van der Waals surface area contributed by atoms with Gasteiger partial charge < -0.3 is 15.2 Å². The molecule has 0 fully saturated rings. The van der Waals surface area contributed by atoms with E-state index in [1.165, 1.54) is 36.0 Å². The smallest absolute Gasteiger partial charge is 0.270 e. The van der Waals surface area contributed by atoms with Crippen molar-refractivity contribution in [3.8, 4) is 0 Å². The lowest BCUT2D eigenvalue weighted by Crippen LogP contribution is -2.33. The maximum Gasteiger partial charge on any atom is 0.270 e. The summed E-state index contributed by atoms with van der Waals surface area (Å²) in [5.74, 6) is -0.251. The van der Waals surface area contributed by atoms with E-state index in [0.29, 0.717) is 33.3 Å². The summed E-state index contributed by atoms with van der Waals surface area (Å²) in [6, 6.07) is 9.80. The monoisotopic (exact) mass is 550 g/mol. The molecule has 10 nitrogen and oxygen atoms in total. The Morgan fingerprint density at radius 2 is 1.92 bits per heavy atom. The zero-order valence-electron chi connectivity index (χ0n) is 19.7. The van der Waals surface area contributed by atoms with E-state index in [0.717, 1.165) is 0 Å². The molecule has 2 N–H and O–H groups in total. The van der Waals surface area contributed by atoms with Crippen molar-refractivity contribution in [2.75, 3.05) is 11.1 Å². The van der Waals surface area contributed by atoms with Crippen LogP contribution in [-0.2, 0) is 11.3 Å². The van der Waals surface area contributed by atoms with Crippen molar-refractivity contribution in [2.45, 2.75) is 38.5 Å². The predicted molar refractivity (Wildman–Crippen MR) is 140 cm³/mol. The van der Waals surface area contributed by atoms with Crippen LogP contribution in [0.25, 0.3) is 0 Å². The molecule has 3 aromatic rings. The molecule has 2 aromatic carbocycles. The van der Waals surface area contributed by atoms with Gasteiger partial charge in [0.05, 0.1) is 27.4 Å². The quantitative estimate of drug-likeness (QED) is 0.197. The molecule has 2 amide bonds. The first-order valence-corrected chi connectivity index (χ1v) is 12.7. The Hall–Kier alpha value is -3.15. The molecule has 1 aromatic heterocycles. The van der Waals surface area contributed by atoms with E-state index < -0.39 is 16.9 Å². The fourth-order valence-electron chi connectivity index (χ4n) is 3.36. The van der Waals surface area contributed by atoms with Gasteiger partial charge in [-0.1, -0.05) is 54.9 Å². The first-order chi connectivity index (χ1) is 17.1. The van der Waals surface area contributed by atoms with E-state index in [2.05, 4.69) is 20.8 Å². The van der Waals surface area contributed by atoms with Crippen molar-refractivity contribution < 1.29 is 14.5 Å². The molecule has 0 bridgehead atoms. The summed E-state index contributed by atoms with van der Waals surface area (Å²) < 4.78 is 1.82. The average molecular weight is 551 g/mol. The molecule has 0 aliphatic heterocycles. The van der Waals surface area contributed by atoms with Crippen LogP contribution in [0.5, 0.6) is 0 Å². The van der Waals surface area contributed by atoms with Gasteiger partial charge in [-0.25, -0.2) is 0 Å². The van der Waals surface area contributed by atoms with Crippen molar-refractivity contribution in [1.29, 1.82) is 0 Å². The van der Waals surface area contributed by atoms with Gasteiger partial charge in [-0.05, 0) is 37.1 Å². The van der Waals surface area contributed by atoms with Crippen molar-refractivity contribution in [3.63, 3.8) is 0 Å². The Morgan fingerprint density at radius 3 is 2.58 bits per heavy atom. The molecule has 0 spiro atoms. The van der Waals surface area contributed by atoms with Gasteiger partial charge in [0.1, 0.15) is 0 Å². The Balaban J connectivity index is 1.74. The van der Waals surface area contributed by atoms with Crippen LogP contribution in [0.15, 0.2) is 47.6 Å². The van der Waals surface area contributed by atoms with Crippen molar-refractivity contribution >= 4 is 58.2 Å². The van der Waals surface area contributed by atoms with Crippen LogP contribution in [0.1, 0.15) is 43.0 Å². The van der Waals surface area contributed by atoms with E-state index in [4.69, 9.17) is 23.2 Å². The number of anilines is 1. The van der Waals surface area contributed by atoms with Crippen LogP contribution in [0.2, 0.25) is 10.0 Å². The number of amides is 2. The standard InChI is InChI=1S/C23H24Cl2N6O4S/c1-4-30-21(20(13(2)3)27-22(33)14-6-5-7-16(10-14)31(34)35)28-29-23(30)36-12-19(32)26-18-11-15(24)8-9-17(18)25/h5-11,13,20H,4,12H2,1-3H3,(H,26,32)(H,27,33)/t20-/m0/s1. The molecule has 0 aliphatic carbocycles. The normalized spacial score (nSPS) is 11.8. The number of nitro groups is 1. The van der Waals surface area contributed by atoms with Crippen molar-refractivity contribution in [3.05, 3.63) is 74.0 Å². The summed E-state index contributed by atoms with van der Waals surface area (Å²) in [4.78, 5) is 35.9. The van der Waals surface area contributed by atoms with Gasteiger partial charge in [-0.2, -0.15) is 0 Å². The third kappa shape index (κ3) is 6.74. The second kappa shape index (κ2) is 12.2. The molecular formula is C23H24Cl2N6O4S. The lowest BCUT2D eigenvalue weighted by molar-refractivity contribution is -0.384. The SMILES string of the molecule is CCn1c(SCC(=O)Nc2cc(Cl)ccc2Cl)nnc1[C@@H](NC(=O)c1cccc([N+](=O)[O-])c1)C(C)C. The summed E-state index contributed by atoms with van der Waals surface area (Å²) in [5.41, 5.74) is 0.413. The van der Waals surface area contributed by atoms with Gasteiger partial charge in [0.15, 0.2) is 11.0 Å². The first kappa shape index (κ1) is 27.4. The zero-order chi connectivity index (χ0) is 26.4. The van der Waals surface area contributed by atoms with Crippen LogP contribution in [0.4, 0.5) is 11.4 Å². The Morgan fingerprint density at radius 1 is 1.17 bits per heavy atom. The van der Waals surface area contributed by atoms with E-state index in [-0.39, 0.29) is 28.8 Å². The molecule has 0 saturated heterocycles. The summed E-state index contributed by atoms with van der Waals surface area (Å²) in [6.07, 6.45) is 0. The number of thioether (sulfide) groups is 1. The summed E-state index contributed by atoms with van der Waals surface area (Å²) in [7, 11) is 0. The number of nitro benzene ring substituents is 1. The number of non-ortho nitro benzene ring substituents is 1. The highest BCUT2D eigenvalue weighted by Gasteiger charge is 2.26. The third-order valence-electron chi connectivity index (χ3n) is 5.15. The molecule has 1 heterocycles. The van der Waals surface area contributed by atoms with Gasteiger partial charge in [0, 0.05) is 29.3 Å². The third-order valence-corrected chi connectivity index (χ3v) is 6.68. The predicted octanol–water partition coefficient (Wildman–Crippen LogP) is 5.37. The number of rotatable bonds is 10. The highest BCUT2D eigenvalue weighted by molar-refractivity contribution is 7.99. The van der Waals surface area contributed by atoms with Gasteiger partial charge in [-0.3, -0.25) is 19.7 Å². The van der Waals surface area contributed by atoms with E-state index >= 15 is 0 Å². The minimum absolute atomic E-state index is 0.0490. The summed E-state index contributed by atoms with van der Waals surface area (Å²) in [6.45, 7) is 6.24. The lowest BCUT2D eigenvalue weighted by atomic mass is 10.0. The second-order valence-corrected chi connectivity index (χ2v) is 9.83. The zero-order valence-corrected chi connectivity index (χ0v) is 22.0. The summed E-state index contributed by atoms with van der Waals surface area (Å²) in [5, 5.41) is 26.5. The fourth-order valence-corrected chi connectivity index (χ4v) is 4.50. The first-order valence-electron chi connectivity index (χ1n) is 11.0. The molecule has 3 rings (SSSR count). The fraction of sp³-hybridized carbons (Fsp3) is 0.304. The number of carbonyl (C=O) groups excluding carboxylic acids is 2. The van der Waals surface area contributed by atoms with Crippen LogP contribution >= 0.6 is 35.0 Å². The topological polar surface area (TPSA) is 132 Å². The van der Waals surface area contributed by atoms with E-state index in [1.807, 2.05) is 25.3 Å². The molecule has 1 atom stereocenters. The van der Waals surface area contributed by atoms with Gasteiger partial charge in [-0.15, -0.1) is 10.2 Å². The number of hydrogen-bond donors (Lipinski definition) is 2. The second-order valence-electron chi connectivity index (χ2n) is 8.05. The minimum Gasteiger partial charge on any atom is -0.342 e. The molecule has 36 heavy (non-hydrogen) atoms. The van der Waals surface area contributed by atoms with Crippen LogP contribution in [0.3, 0.4) is 0 Å². The van der Waals surface area contributed by atoms with E-state index in [1.54, 1.807) is 18.2 Å². The number of benzene rings is 2. The van der Waals surface area contributed by atoms with Crippen molar-refractivity contribution in [2.24, 2.45) is 5.92 Å². The molecule has 190 valence electrons. The van der Waals surface area contributed by atoms with Crippen LogP contribution < -0.4 is 10.6 Å². The molecule has 13 heteroatoms. The highest BCUT2D eigenvalue weighted by atomic mass is 35.5. The van der Waals surface area contributed by atoms with Crippen molar-refractivity contribution in [1.82, 2.24) is 20.1 Å². The van der Waals surface area contributed by atoms with Gasteiger partial charge >= 0.3 is 0 Å². The van der Waals surface area contributed by atoms with Gasteiger partial charge in [0.25, 0.3) is 11.6 Å². The molecule has 0 saturated carbocycles. The lowest BCUT2D eigenvalue weighted by Gasteiger charge is -2.22. The van der Waals surface area contributed by atoms with Crippen LogP contribution in [0, 0.1) is 16.0 Å².